The van der Waals surface area contributed by atoms with Crippen molar-refractivity contribution in [1.82, 2.24) is 0 Å². The van der Waals surface area contributed by atoms with Gasteiger partial charge in [-0.2, -0.15) is 0 Å². The van der Waals surface area contributed by atoms with E-state index in [2.05, 4.69) is 4.99 Å². The third-order valence-electron chi connectivity index (χ3n) is 3.34. The minimum atomic E-state index is -0.462. The monoisotopic (exact) mass is 293 g/mol. The topological polar surface area (TPSA) is 57.1 Å². The highest BCUT2D eigenvalue weighted by Gasteiger charge is 2.24. The van der Waals surface area contributed by atoms with E-state index in [4.69, 9.17) is 14.2 Å². The Balaban J connectivity index is 1.67. The van der Waals surface area contributed by atoms with Gasteiger partial charge in [0.05, 0.1) is 0 Å². The number of ether oxygens (including phenoxy) is 3. The zero-order chi connectivity index (χ0) is 14.9. The van der Waals surface area contributed by atoms with Crippen LogP contribution in [0.15, 0.2) is 59.2 Å². The second kappa shape index (κ2) is 5.04. The Bertz CT molecular complexity index is 809. The van der Waals surface area contributed by atoms with Crippen LogP contribution in [0.3, 0.4) is 0 Å². The Hall–Kier alpha value is -3.08. The van der Waals surface area contributed by atoms with Crippen LogP contribution >= 0.6 is 0 Å². The fourth-order valence-corrected chi connectivity index (χ4v) is 2.27. The quantitative estimate of drug-likeness (QED) is 0.631. The second-order valence-corrected chi connectivity index (χ2v) is 4.81. The molecule has 108 valence electrons. The third kappa shape index (κ3) is 2.22. The van der Waals surface area contributed by atoms with Gasteiger partial charge in [0.25, 0.3) is 0 Å². The molecule has 4 rings (SSSR count). The lowest BCUT2D eigenvalue weighted by Crippen LogP contribution is -2.04. The number of fused-ring (bicyclic) bond motifs is 1. The lowest BCUT2D eigenvalue weighted by molar-refractivity contribution is -0.129. The fourth-order valence-electron chi connectivity index (χ4n) is 2.27. The number of cyclic esters (lactones) is 1. The fraction of sp³-hybridized carbons (Fsp3) is 0.0588. The number of benzene rings is 2. The largest absolute Gasteiger partial charge is 0.454 e. The number of rotatable bonds is 2. The Labute approximate surface area is 126 Å². The summed E-state index contributed by atoms with van der Waals surface area (Å²) in [5.41, 5.74) is 1.83. The van der Waals surface area contributed by atoms with Crippen molar-refractivity contribution in [3.8, 4) is 11.5 Å². The highest BCUT2D eigenvalue weighted by Crippen LogP contribution is 2.33. The van der Waals surface area contributed by atoms with Gasteiger partial charge in [-0.05, 0) is 35.9 Å². The molecule has 2 aliphatic rings. The van der Waals surface area contributed by atoms with Gasteiger partial charge in [0.1, 0.15) is 0 Å². The molecule has 0 aliphatic carbocycles. The van der Waals surface area contributed by atoms with E-state index in [0.717, 1.165) is 11.1 Å². The molecule has 2 heterocycles. The van der Waals surface area contributed by atoms with Crippen LogP contribution in [0.2, 0.25) is 0 Å². The first kappa shape index (κ1) is 12.6. The summed E-state index contributed by atoms with van der Waals surface area (Å²) in [6, 6.07) is 14.8. The van der Waals surface area contributed by atoms with Crippen LogP contribution in [0.1, 0.15) is 11.1 Å². The number of carbonyl (C=O) groups excluding carboxylic acids is 1. The zero-order valence-electron chi connectivity index (χ0n) is 11.5. The van der Waals surface area contributed by atoms with Crippen molar-refractivity contribution in [3.63, 3.8) is 0 Å². The molecule has 5 heteroatoms. The van der Waals surface area contributed by atoms with Gasteiger partial charge in [-0.1, -0.05) is 24.3 Å². The molecule has 0 saturated heterocycles. The Morgan fingerprint density at radius 1 is 1.00 bits per heavy atom. The maximum absolute atomic E-state index is 11.9. The molecular formula is C17H11NO4. The third-order valence-corrected chi connectivity index (χ3v) is 3.34. The van der Waals surface area contributed by atoms with Crippen LogP contribution in [0.5, 0.6) is 11.5 Å². The van der Waals surface area contributed by atoms with Crippen LogP contribution in [-0.4, -0.2) is 18.7 Å². The molecule has 0 bridgehead atoms. The normalized spacial score (nSPS) is 17.5. The summed E-state index contributed by atoms with van der Waals surface area (Å²) in [6.07, 6.45) is 1.67. The molecule has 5 nitrogen and oxygen atoms in total. The average molecular weight is 293 g/mol. The van der Waals surface area contributed by atoms with Crippen LogP contribution in [-0.2, 0) is 9.53 Å². The van der Waals surface area contributed by atoms with Gasteiger partial charge in [0, 0.05) is 5.56 Å². The van der Waals surface area contributed by atoms with Gasteiger partial charge < -0.3 is 14.2 Å². The molecule has 0 radical (unpaired) electrons. The standard InChI is InChI=1S/C17H11NO4/c19-17-13(18-16(22-17)12-4-2-1-3-5-12)8-11-6-7-14-15(9-11)21-10-20-14/h1-9H,10H2. The van der Waals surface area contributed by atoms with E-state index in [1.807, 2.05) is 36.4 Å². The van der Waals surface area contributed by atoms with Crippen molar-refractivity contribution in [2.45, 2.75) is 0 Å². The van der Waals surface area contributed by atoms with Gasteiger partial charge in [0.15, 0.2) is 17.2 Å². The van der Waals surface area contributed by atoms with Gasteiger partial charge in [-0.25, -0.2) is 9.79 Å². The number of hydrogen-bond donors (Lipinski definition) is 0. The van der Waals surface area contributed by atoms with E-state index in [9.17, 15) is 4.79 Å². The molecular weight excluding hydrogens is 282 g/mol. The number of aliphatic imine (C=N–C) groups is 1. The molecule has 0 spiro atoms. The van der Waals surface area contributed by atoms with Crippen molar-refractivity contribution < 1.29 is 19.0 Å². The molecule has 0 atom stereocenters. The highest BCUT2D eigenvalue weighted by molar-refractivity contribution is 6.12. The summed E-state index contributed by atoms with van der Waals surface area (Å²) >= 11 is 0. The summed E-state index contributed by atoms with van der Waals surface area (Å²) in [5.74, 6) is 1.21. The molecule has 2 aromatic carbocycles. The number of hydrogen-bond acceptors (Lipinski definition) is 5. The number of esters is 1. The van der Waals surface area contributed by atoms with E-state index in [1.165, 1.54) is 0 Å². The van der Waals surface area contributed by atoms with Gasteiger partial charge in [-0.15, -0.1) is 0 Å². The average Bonchev–Trinajstić information content (AvgIpc) is 3.15. The predicted molar refractivity (Wildman–Crippen MR) is 79.6 cm³/mol. The molecule has 0 N–H and O–H groups in total. The van der Waals surface area contributed by atoms with E-state index in [0.29, 0.717) is 17.4 Å². The molecule has 2 aliphatic heterocycles. The van der Waals surface area contributed by atoms with Crippen LogP contribution in [0.4, 0.5) is 0 Å². The maximum Gasteiger partial charge on any atom is 0.363 e. The van der Waals surface area contributed by atoms with E-state index in [-0.39, 0.29) is 12.5 Å². The first-order valence-corrected chi connectivity index (χ1v) is 6.77. The van der Waals surface area contributed by atoms with Crippen LogP contribution in [0, 0.1) is 0 Å². The Kier molecular flexibility index (Phi) is 2.89. The van der Waals surface area contributed by atoms with Gasteiger partial charge in [0.2, 0.25) is 12.7 Å². The minimum absolute atomic E-state index is 0.216. The molecule has 22 heavy (non-hydrogen) atoms. The Morgan fingerprint density at radius 2 is 1.82 bits per heavy atom. The number of nitrogens with zero attached hydrogens (tertiary/aromatic N) is 1. The SMILES string of the molecule is O=C1OC(c2ccccc2)=NC1=Cc1ccc2c(c1)OCO2. The van der Waals surface area contributed by atoms with Crippen molar-refractivity contribution in [2.75, 3.05) is 6.79 Å². The minimum Gasteiger partial charge on any atom is -0.454 e. The number of carbonyl (C=O) groups is 1. The van der Waals surface area contributed by atoms with E-state index in [1.54, 1.807) is 18.2 Å². The first-order valence-electron chi connectivity index (χ1n) is 6.77. The van der Waals surface area contributed by atoms with Crippen LogP contribution < -0.4 is 9.47 Å². The summed E-state index contributed by atoms with van der Waals surface area (Å²) in [5, 5.41) is 0. The summed E-state index contributed by atoms with van der Waals surface area (Å²) in [6.45, 7) is 0.216. The predicted octanol–water partition coefficient (Wildman–Crippen LogP) is 2.76. The molecule has 2 aromatic rings. The summed E-state index contributed by atoms with van der Waals surface area (Å²) < 4.78 is 15.8. The maximum atomic E-state index is 11.9. The van der Waals surface area contributed by atoms with E-state index >= 15 is 0 Å². The molecule has 0 saturated carbocycles. The first-order chi connectivity index (χ1) is 10.8. The van der Waals surface area contributed by atoms with Crippen molar-refractivity contribution in [1.29, 1.82) is 0 Å². The van der Waals surface area contributed by atoms with Crippen molar-refractivity contribution in [3.05, 3.63) is 65.4 Å². The highest BCUT2D eigenvalue weighted by atomic mass is 16.7. The van der Waals surface area contributed by atoms with Crippen molar-refractivity contribution >= 4 is 17.9 Å². The van der Waals surface area contributed by atoms with Crippen LogP contribution in [0.25, 0.3) is 6.08 Å². The van der Waals surface area contributed by atoms with E-state index < -0.39 is 5.97 Å². The molecule has 0 unspecified atom stereocenters. The van der Waals surface area contributed by atoms with Gasteiger partial charge >= 0.3 is 5.97 Å². The molecule has 0 amide bonds. The van der Waals surface area contributed by atoms with Gasteiger partial charge in [-0.3, -0.25) is 0 Å². The zero-order valence-corrected chi connectivity index (χ0v) is 11.5. The lowest BCUT2D eigenvalue weighted by atomic mass is 10.1. The summed E-state index contributed by atoms with van der Waals surface area (Å²) in [7, 11) is 0. The molecule has 0 fully saturated rings. The smallest absolute Gasteiger partial charge is 0.363 e. The van der Waals surface area contributed by atoms with Crippen molar-refractivity contribution in [2.24, 2.45) is 4.99 Å². The lowest BCUT2D eigenvalue weighted by Gasteiger charge is -1.98. The Morgan fingerprint density at radius 3 is 2.68 bits per heavy atom. The second-order valence-electron chi connectivity index (χ2n) is 4.81. The summed E-state index contributed by atoms with van der Waals surface area (Å²) in [4.78, 5) is 16.2. The molecule has 0 aromatic heterocycles.